The molecule has 176 valence electrons. The number of benzene rings is 2. The smallest absolute Gasteiger partial charge is 0.244 e. The number of nitriles is 1. The Balaban J connectivity index is 1.83. The van der Waals surface area contributed by atoms with Crippen LogP contribution in [0.1, 0.15) is 44.2 Å². The number of H-pyrrole nitrogens is 1. The number of hydrogen-bond acceptors (Lipinski definition) is 7. The second-order valence-corrected chi connectivity index (χ2v) is 7.69. The number of nitrogens with zero attached hydrogens (tertiary/aromatic N) is 2. The zero-order valence-corrected chi connectivity index (χ0v) is 19.6. The van der Waals surface area contributed by atoms with Crippen LogP contribution in [0.15, 0.2) is 53.9 Å². The van der Waals surface area contributed by atoms with E-state index in [-0.39, 0.29) is 5.88 Å². The van der Waals surface area contributed by atoms with Gasteiger partial charge < -0.3 is 24.7 Å². The summed E-state index contributed by atoms with van der Waals surface area (Å²) in [6.07, 6.45) is 0.884. The number of aromatic nitrogens is 2. The average Bonchev–Trinajstić information content (AvgIpc) is 3.26. The predicted molar refractivity (Wildman–Crippen MR) is 128 cm³/mol. The Morgan fingerprint density at radius 2 is 1.79 bits per heavy atom. The molecule has 0 aliphatic carbocycles. The van der Waals surface area contributed by atoms with E-state index in [4.69, 9.17) is 24.7 Å². The molecule has 8 heteroatoms. The van der Waals surface area contributed by atoms with Crippen LogP contribution in [0, 0.1) is 11.3 Å². The van der Waals surface area contributed by atoms with Crippen LogP contribution in [0.25, 0.3) is 11.3 Å². The van der Waals surface area contributed by atoms with Gasteiger partial charge in [0.25, 0.3) is 0 Å². The molecule has 1 aromatic heterocycles. The van der Waals surface area contributed by atoms with Crippen molar-refractivity contribution >= 4 is 0 Å². The van der Waals surface area contributed by atoms with Gasteiger partial charge in [0.15, 0.2) is 11.5 Å². The standard InChI is InChI=1S/C26H28N4O4/c1-4-13-33-20-12-9-17(14-21(20)32-6-3)22-19(15-27)25(28)34-26-23(22)24(29-30-26)16-7-10-18(11-8-16)31-5-2/h7-12,14,22H,4-6,13,28H2,1-3H3,(H,29,30). The molecule has 1 aliphatic heterocycles. The van der Waals surface area contributed by atoms with Crippen molar-refractivity contribution in [1.29, 1.82) is 5.26 Å². The molecule has 2 aromatic carbocycles. The first-order chi connectivity index (χ1) is 16.6. The van der Waals surface area contributed by atoms with Crippen molar-refractivity contribution in [3.8, 4) is 40.5 Å². The highest BCUT2D eigenvalue weighted by molar-refractivity contribution is 5.71. The highest BCUT2D eigenvalue weighted by Gasteiger charge is 2.36. The monoisotopic (exact) mass is 460 g/mol. The molecular formula is C26H28N4O4. The lowest BCUT2D eigenvalue weighted by Crippen LogP contribution is -2.21. The molecule has 0 bridgehead atoms. The Morgan fingerprint density at radius 3 is 2.47 bits per heavy atom. The van der Waals surface area contributed by atoms with E-state index >= 15 is 0 Å². The molecule has 3 aromatic rings. The Hall–Kier alpha value is -4.12. The summed E-state index contributed by atoms with van der Waals surface area (Å²) in [5.74, 6) is 1.94. The van der Waals surface area contributed by atoms with Gasteiger partial charge in [-0.25, -0.2) is 0 Å². The Kier molecular flexibility index (Phi) is 6.93. The van der Waals surface area contributed by atoms with Crippen LogP contribution in [0.5, 0.6) is 23.1 Å². The Morgan fingerprint density at radius 1 is 1.03 bits per heavy atom. The average molecular weight is 461 g/mol. The van der Waals surface area contributed by atoms with Gasteiger partial charge in [-0.3, -0.25) is 5.10 Å². The second kappa shape index (κ2) is 10.2. The third-order valence-corrected chi connectivity index (χ3v) is 5.46. The third-order valence-electron chi connectivity index (χ3n) is 5.46. The van der Waals surface area contributed by atoms with E-state index in [1.165, 1.54) is 0 Å². The second-order valence-electron chi connectivity index (χ2n) is 7.69. The summed E-state index contributed by atoms with van der Waals surface area (Å²) >= 11 is 0. The van der Waals surface area contributed by atoms with Crippen LogP contribution >= 0.6 is 0 Å². The van der Waals surface area contributed by atoms with Gasteiger partial charge >= 0.3 is 0 Å². The maximum atomic E-state index is 9.99. The van der Waals surface area contributed by atoms with Crippen LogP contribution in [-0.4, -0.2) is 30.0 Å². The van der Waals surface area contributed by atoms with Crippen LogP contribution in [0.4, 0.5) is 0 Å². The summed E-state index contributed by atoms with van der Waals surface area (Å²) in [5.41, 5.74) is 9.63. The van der Waals surface area contributed by atoms with Gasteiger partial charge in [-0.2, -0.15) is 5.26 Å². The molecule has 0 radical (unpaired) electrons. The van der Waals surface area contributed by atoms with E-state index in [1.807, 2.05) is 63.2 Å². The number of nitrogens with one attached hydrogen (secondary N) is 1. The molecule has 1 unspecified atom stereocenters. The fourth-order valence-electron chi connectivity index (χ4n) is 3.99. The van der Waals surface area contributed by atoms with Gasteiger partial charge in [0.05, 0.1) is 37.0 Å². The zero-order chi connectivity index (χ0) is 24.1. The molecule has 34 heavy (non-hydrogen) atoms. The van der Waals surface area contributed by atoms with E-state index in [0.29, 0.717) is 42.8 Å². The van der Waals surface area contributed by atoms with Crippen molar-refractivity contribution in [3.63, 3.8) is 0 Å². The van der Waals surface area contributed by atoms with Crippen molar-refractivity contribution < 1.29 is 18.9 Å². The SMILES string of the molecule is CCCOc1ccc(C2C(C#N)=C(N)Oc3n[nH]c(-c4ccc(OCC)cc4)c32)cc1OCC. The molecule has 0 saturated heterocycles. The Bertz CT molecular complexity index is 1220. The van der Waals surface area contributed by atoms with Crippen LogP contribution in [0.2, 0.25) is 0 Å². The maximum absolute atomic E-state index is 9.99. The highest BCUT2D eigenvalue weighted by atomic mass is 16.5. The number of aromatic amines is 1. The quantitative estimate of drug-likeness (QED) is 0.467. The molecule has 8 nitrogen and oxygen atoms in total. The van der Waals surface area contributed by atoms with Crippen LogP contribution in [0.3, 0.4) is 0 Å². The first-order valence-electron chi connectivity index (χ1n) is 11.4. The van der Waals surface area contributed by atoms with E-state index in [0.717, 1.165) is 34.6 Å². The molecule has 0 amide bonds. The number of allylic oxidation sites excluding steroid dienone is 1. The maximum Gasteiger partial charge on any atom is 0.244 e. The molecule has 4 rings (SSSR count). The summed E-state index contributed by atoms with van der Waals surface area (Å²) in [5, 5.41) is 17.4. The van der Waals surface area contributed by atoms with E-state index in [2.05, 4.69) is 16.3 Å². The molecule has 0 fully saturated rings. The summed E-state index contributed by atoms with van der Waals surface area (Å²) in [4.78, 5) is 0. The molecule has 2 heterocycles. The fraction of sp³-hybridized carbons (Fsp3) is 0.308. The van der Waals surface area contributed by atoms with Gasteiger partial charge in [0.2, 0.25) is 11.8 Å². The largest absolute Gasteiger partial charge is 0.494 e. The minimum Gasteiger partial charge on any atom is -0.494 e. The zero-order valence-electron chi connectivity index (χ0n) is 19.6. The lowest BCUT2D eigenvalue weighted by molar-refractivity contribution is 0.276. The minimum absolute atomic E-state index is 0.0361. The summed E-state index contributed by atoms with van der Waals surface area (Å²) in [6.45, 7) is 7.56. The van der Waals surface area contributed by atoms with Crippen LogP contribution < -0.4 is 24.7 Å². The third kappa shape index (κ3) is 4.37. The molecule has 0 saturated carbocycles. The normalized spacial score (nSPS) is 14.7. The van der Waals surface area contributed by atoms with Crippen molar-refractivity contribution in [2.45, 2.75) is 33.1 Å². The fourth-order valence-corrected chi connectivity index (χ4v) is 3.99. The van der Waals surface area contributed by atoms with Gasteiger partial charge in [0, 0.05) is 5.56 Å². The van der Waals surface area contributed by atoms with Crippen molar-refractivity contribution in [1.82, 2.24) is 10.2 Å². The van der Waals surface area contributed by atoms with Crippen molar-refractivity contribution in [2.75, 3.05) is 19.8 Å². The first kappa shape index (κ1) is 23.1. The predicted octanol–water partition coefficient (Wildman–Crippen LogP) is 4.88. The van der Waals surface area contributed by atoms with Gasteiger partial charge in [-0.05, 0) is 62.2 Å². The highest BCUT2D eigenvalue weighted by Crippen LogP contribution is 2.47. The van der Waals surface area contributed by atoms with Gasteiger partial charge in [0.1, 0.15) is 17.4 Å². The number of rotatable bonds is 9. The number of nitrogens with two attached hydrogens (primary N) is 1. The van der Waals surface area contributed by atoms with Crippen LogP contribution in [-0.2, 0) is 0 Å². The van der Waals surface area contributed by atoms with Crippen molar-refractivity contribution in [3.05, 3.63) is 65.0 Å². The lowest BCUT2D eigenvalue weighted by Gasteiger charge is -2.25. The number of hydrogen-bond donors (Lipinski definition) is 2. The van der Waals surface area contributed by atoms with Gasteiger partial charge in [-0.1, -0.05) is 13.0 Å². The Labute approximate surface area is 198 Å². The van der Waals surface area contributed by atoms with E-state index in [1.54, 1.807) is 0 Å². The lowest BCUT2D eigenvalue weighted by atomic mass is 9.83. The molecule has 0 spiro atoms. The topological polar surface area (TPSA) is 115 Å². The summed E-state index contributed by atoms with van der Waals surface area (Å²) in [6, 6.07) is 15.6. The van der Waals surface area contributed by atoms with E-state index < -0.39 is 5.92 Å². The van der Waals surface area contributed by atoms with Gasteiger partial charge in [-0.15, -0.1) is 5.10 Å². The number of fused-ring (bicyclic) bond motifs is 1. The summed E-state index contributed by atoms with van der Waals surface area (Å²) < 4.78 is 23.0. The molecule has 1 aliphatic rings. The van der Waals surface area contributed by atoms with E-state index in [9.17, 15) is 5.26 Å². The molecule has 3 N–H and O–H groups in total. The summed E-state index contributed by atoms with van der Waals surface area (Å²) in [7, 11) is 0. The minimum atomic E-state index is -0.492. The molecule has 1 atom stereocenters. The first-order valence-corrected chi connectivity index (χ1v) is 11.4. The number of ether oxygens (including phenoxy) is 4. The molecular weight excluding hydrogens is 432 g/mol. The van der Waals surface area contributed by atoms with Crippen molar-refractivity contribution in [2.24, 2.45) is 5.73 Å².